The van der Waals surface area contributed by atoms with Gasteiger partial charge in [-0.05, 0) is 143 Å². The number of halogens is 6. The number of piperazine rings is 3. The lowest BCUT2D eigenvalue weighted by molar-refractivity contribution is 0.144. The summed E-state index contributed by atoms with van der Waals surface area (Å²) in [5.41, 5.74) is 13.5. The van der Waals surface area contributed by atoms with Crippen molar-refractivity contribution in [2.24, 2.45) is 0 Å². The molecule has 402 valence electrons. The van der Waals surface area contributed by atoms with Gasteiger partial charge in [-0.3, -0.25) is 29.7 Å². The van der Waals surface area contributed by atoms with E-state index in [1.807, 2.05) is 93.7 Å². The first-order valence-electron chi connectivity index (χ1n) is 26.5. The van der Waals surface area contributed by atoms with Crippen molar-refractivity contribution in [2.75, 3.05) is 78.5 Å². The number of pyridine rings is 3. The molecule has 12 nitrogen and oxygen atoms in total. The van der Waals surface area contributed by atoms with Crippen LogP contribution < -0.4 is 0 Å². The Morgan fingerprint density at radius 1 is 0.410 bits per heavy atom. The van der Waals surface area contributed by atoms with Crippen LogP contribution in [0.15, 0.2) is 110 Å². The molecule has 3 fully saturated rings. The molecular weight excluding hydrogens is 1240 g/mol. The summed E-state index contributed by atoms with van der Waals surface area (Å²) in [6.07, 6.45) is 12.0. The molecule has 0 amide bonds. The molecule has 6 aliphatic rings. The minimum absolute atomic E-state index is 0.0703. The number of rotatable bonds is 6. The quantitative estimate of drug-likeness (QED) is 0.138. The van der Waals surface area contributed by atoms with Crippen molar-refractivity contribution in [1.82, 2.24) is 44.1 Å². The number of nitrogens with zero attached hydrogens (tertiary/aromatic N) is 9. The van der Waals surface area contributed by atoms with Crippen molar-refractivity contribution in [2.45, 2.75) is 38.6 Å². The molecule has 3 aliphatic carbocycles. The van der Waals surface area contributed by atoms with Crippen molar-refractivity contribution >= 4 is 135 Å². The number of fused-ring (bicyclic) bond motifs is 6. The van der Waals surface area contributed by atoms with E-state index in [1.54, 1.807) is 0 Å². The third-order valence-electron chi connectivity index (χ3n) is 15.7. The van der Waals surface area contributed by atoms with Gasteiger partial charge in [0.1, 0.15) is 0 Å². The van der Waals surface area contributed by atoms with Gasteiger partial charge in [-0.25, -0.2) is 0 Å². The highest BCUT2D eigenvalue weighted by Gasteiger charge is 2.37. The minimum atomic E-state index is -0.404. The molecule has 3 atom stereocenters. The minimum Gasteiger partial charge on any atom is -0.437 e. The Morgan fingerprint density at radius 3 is 0.910 bits per heavy atom. The van der Waals surface area contributed by atoms with Crippen molar-refractivity contribution in [3.05, 3.63) is 192 Å². The van der Waals surface area contributed by atoms with Crippen LogP contribution in [0.1, 0.15) is 85.3 Å². The molecule has 0 spiro atoms. The molecule has 12 rings (SSSR count). The van der Waals surface area contributed by atoms with Crippen LogP contribution in [0, 0.1) is 0 Å². The molecule has 3 aromatic carbocycles. The zero-order valence-electron chi connectivity index (χ0n) is 43.7. The van der Waals surface area contributed by atoms with E-state index in [9.17, 15) is 15.1 Å². The van der Waals surface area contributed by atoms with Crippen LogP contribution in [0.5, 0.6) is 0 Å². The Labute approximate surface area is 499 Å². The zero-order valence-corrected chi connectivity index (χ0v) is 50.7. The molecule has 3 aromatic heterocycles. The van der Waals surface area contributed by atoms with Crippen molar-refractivity contribution in [3.8, 4) is 0 Å². The summed E-state index contributed by atoms with van der Waals surface area (Å²) in [6.45, 7) is 15.8. The molecule has 3 N–H and O–H groups in total. The largest absolute Gasteiger partial charge is 0.437 e. The fourth-order valence-electron chi connectivity index (χ4n) is 11.6. The number of benzene rings is 3. The van der Waals surface area contributed by atoms with Gasteiger partial charge < -0.3 is 29.5 Å². The second-order valence-corrected chi connectivity index (χ2v) is 24.3. The standard InChI is InChI=1S/3C19H20BBrClN3O/c3*1-20(26)25-9-7-24(8-10-25)19-15-5-4-14(22)12-16(15)17(21)11-13-3-2-6-23-18(13)19/h3*2-6,11-12,19,26H,7-10H2,1H3/t2*19-;/m10./s1. The highest BCUT2D eigenvalue weighted by molar-refractivity contribution is 9.15. The monoisotopic (exact) mass is 1290 g/mol. The van der Waals surface area contributed by atoms with Gasteiger partial charge in [0.05, 0.1) is 35.2 Å². The van der Waals surface area contributed by atoms with E-state index in [-0.39, 0.29) is 18.1 Å². The smallest absolute Gasteiger partial charge is 0.376 e. The summed E-state index contributed by atoms with van der Waals surface area (Å²) < 4.78 is 3.07. The van der Waals surface area contributed by atoms with Crippen molar-refractivity contribution in [3.63, 3.8) is 0 Å². The van der Waals surface area contributed by atoms with Crippen molar-refractivity contribution in [1.29, 1.82) is 0 Å². The average molecular weight is 1300 g/mol. The van der Waals surface area contributed by atoms with Gasteiger partial charge >= 0.3 is 21.2 Å². The molecule has 21 heteroatoms. The lowest BCUT2D eigenvalue weighted by atomic mass is 9.84. The third kappa shape index (κ3) is 12.7. The van der Waals surface area contributed by atoms with E-state index in [0.29, 0.717) is 0 Å². The first-order chi connectivity index (χ1) is 37.6. The molecule has 6 heterocycles. The Morgan fingerprint density at radius 2 is 0.667 bits per heavy atom. The van der Waals surface area contributed by atoms with Gasteiger partial charge in [0.15, 0.2) is 0 Å². The summed E-state index contributed by atoms with van der Waals surface area (Å²) >= 11 is 30.1. The molecule has 0 saturated carbocycles. The van der Waals surface area contributed by atoms with E-state index in [2.05, 4.69) is 132 Å². The van der Waals surface area contributed by atoms with Crippen LogP contribution in [-0.4, -0.2) is 159 Å². The van der Waals surface area contributed by atoms with E-state index < -0.39 is 21.2 Å². The summed E-state index contributed by atoms with van der Waals surface area (Å²) in [6, 6.07) is 30.7. The van der Waals surface area contributed by atoms with Crippen LogP contribution in [0.3, 0.4) is 0 Å². The van der Waals surface area contributed by atoms with E-state index in [0.717, 1.165) is 158 Å². The first-order valence-corrected chi connectivity index (χ1v) is 30.0. The number of hydrogen-bond acceptors (Lipinski definition) is 12. The molecule has 1 unspecified atom stereocenters. The molecule has 6 aromatic rings. The predicted molar refractivity (Wildman–Crippen MR) is 334 cm³/mol. The lowest BCUT2D eigenvalue weighted by Crippen LogP contribution is -2.52. The molecule has 78 heavy (non-hydrogen) atoms. The molecule has 0 bridgehead atoms. The maximum atomic E-state index is 9.87. The predicted octanol–water partition coefficient (Wildman–Crippen LogP) is 11.3. The van der Waals surface area contributed by atoms with Gasteiger partial charge in [0.25, 0.3) is 0 Å². The summed E-state index contributed by atoms with van der Waals surface area (Å²) in [4.78, 5) is 27.9. The van der Waals surface area contributed by atoms with Gasteiger partial charge in [-0.15, -0.1) is 0 Å². The number of hydrogen-bond donors (Lipinski definition) is 3. The normalized spacial score (nSPS) is 20.8. The molecular formula is C57H60B3Br3Cl3N9O3. The Kier molecular flexibility index (Phi) is 19.0. The van der Waals surface area contributed by atoms with Gasteiger partial charge in [-0.1, -0.05) is 119 Å². The number of aromatic nitrogens is 3. The van der Waals surface area contributed by atoms with Crippen LogP contribution in [0.4, 0.5) is 0 Å². The maximum Gasteiger partial charge on any atom is 0.376 e. The van der Waals surface area contributed by atoms with Crippen molar-refractivity contribution < 1.29 is 15.1 Å². The Hall–Kier alpha value is -3.53. The summed E-state index contributed by atoms with van der Waals surface area (Å²) in [5, 5.41) is 31.8. The lowest BCUT2D eigenvalue weighted by Gasteiger charge is -2.40. The Balaban J connectivity index is 0.000000132. The molecule has 3 saturated heterocycles. The van der Waals surface area contributed by atoms with Gasteiger partial charge in [0.2, 0.25) is 0 Å². The van der Waals surface area contributed by atoms with Crippen LogP contribution in [-0.2, 0) is 0 Å². The van der Waals surface area contributed by atoms with Gasteiger partial charge in [0, 0.05) is 126 Å². The van der Waals surface area contributed by atoms with Gasteiger partial charge in [-0.2, -0.15) is 0 Å². The van der Waals surface area contributed by atoms with Crippen LogP contribution in [0.25, 0.3) is 31.7 Å². The SMILES string of the molecule is CB(O)N1CCN(C2c3ccc(Cl)cc3C(Br)=Cc3cccnc32)CC1.CB(O)N1CCN([C@@H]2c3ccc(Cl)cc3C(Br)=Cc3cccnc32)CC1.CB(O)N1CCN([C@H]2c3ccc(Cl)cc3C(Br)=Cc3cccnc32)CC1. The highest BCUT2D eigenvalue weighted by atomic mass is 79.9. The fourth-order valence-corrected chi connectivity index (χ4v) is 13.9. The summed E-state index contributed by atoms with van der Waals surface area (Å²) in [5.74, 6) is 0. The zero-order chi connectivity index (χ0) is 54.8. The van der Waals surface area contributed by atoms with Crippen LogP contribution >= 0.6 is 82.6 Å². The summed E-state index contributed by atoms with van der Waals surface area (Å²) in [7, 11) is -1.21. The fraction of sp³-hybridized carbons (Fsp3) is 0.316. The topological polar surface area (TPSA) is 119 Å². The van der Waals surface area contributed by atoms with E-state index in [4.69, 9.17) is 49.8 Å². The van der Waals surface area contributed by atoms with E-state index >= 15 is 0 Å². The maximum absolute atomic E-state index is 9.87. The highest BCUT2D eigenvalue weighted by Crippen LogP contribution is 2.45. The van der Waals surface area contributed by atoms with Crippen LogP contribution in [0.2, 0.25) is 35.5 Å². The molecule has 3 aliphatic heterocycles. The first kappa shape index (κ1) is 57.7. The Bertz CT molecular complexity index is 2890. The second-order valence-electron chi connectivity index (χ2n) is 20.4. The molecule has 0 radical (unpaired) electrons. The second kappa shape index (κ2) is 25.7. The van der Waals surface area contributed by atoms with E-state index in [1.165, 1.54) is 16.7 Å². The third-order valence-corrected chi connectivity index (χ3v) is 18.3. The average Bonchev–Trinajstić information content (AvgIpc) is 3.82.